The zero-order chi connectivity index (χ0) is 20.1. The Morgan fingerprint density at radius 2 is 1.61 bits per heavy atom. The fourth-order valence-corrected chi connectivity index (χ4v) is 3.42. The number of hydrogen-bond donors (Lipinski definition) is 3. The van der Waals surface area contributed by atoms with Crippen LogP contribution in [0.15, 0.2) is 48.5 Å². The number of carboxylic acid groups (broad SMARTS) is 1. The summed E-state index contributed by atoms with van der Waals surface area (Å²) in [4.78, 5) is 34.7. The van der Waals surface area contributed by atoms with Crippen molar-refractivity contribution < 1.29 is 24.2 Å². The minimum atomic E-state index is -1.15. The molecule has 146 valence electrons. The molecule has 1 aliphatic carbocycles. The van der Waals surface area contributed by atoms with Gasteiger partial charge in [-0.3, -0.25) is 9.59 Å². The molecule has 0 saturated carbocycles. The van der Waals surface area contributed by atoms with E-state index in [1.807, 2.05) is 48.5 Å². The van der Waals surface area contributed by atoms with Crippen molar-refractivity contribution in [2.45, 2.75) is 25.3 Å². The van der Waals surface area contributed by atoms with Crippen molar-refractivity contribution in [2.24, 2.45) is 0 Å². The molecular formula is C21H22N2O5. The van der Waals surface area contributed by atoms with Gasteiger partial charge in [-0.05, 0) is 28.7 Å². The summed E-state index contributed by atoms with van der Waals surface area (Å²) in [6, 6.07) is 15.2. The summed E-state index contributed by atoms with van der Waals surface area (Å²) in [5, 5.41) is 13.4. The van der Waals surface area contributed by atoms with Crippen molar-refractivity contribution in [1.29, 1.82) is 0 Å². The minimum absolute atomic E-state index is 0.0703. The van der Waals surface area contributed by atoms with Gasteiger partial charge in [0.1, 0.15) is 19.2 Å². The van der Waals surface area contributed by atoms with Crippen LogP contribution in [0.1, 0.15) is 30.4 Å². The van der Waals surface area contributed by atoms with Gasteiger partial charge < -0.3 is 20.5 Å². The van der Waals surface area contributed by atoms with Crippen LogP contribution in [-0.2, 0) is 14.3 Å². The number of ether oxygens (including phenoxy) is 1. The van der Waals surface area contributed by atoms with Gasteiger partial charge in [0.05, 0.1) is 0 Å². The fraction of sp³-hybridized carbons (Fsp3) is 0.286. The van der Waals surface area contributed by atoms with Gasteiger partial charge in [0.2, 0.25) is 5.91 Å². The van der Waals surface area contributed by atoms with E-state index >= 15 is 0 Å². The summed E-state index contributed by atoms with van der Waals surface area (Å²) in [7, 11) is 0. The van der Waals surface area contributed by atoms with E-state index in [2.05, 4.69) is 10.6 Å². The van der Waals surface area contributed by atoms with Crippen LogP contribution in [0.4, 0.5) is 4.79 Å². The lowest BCUT2D eigenvalue weighted by Crippen LogP contribution is -2.47. The van der Waals surface area contributed by atoms with E-state index in [9.17, 15) is 14.4 Å². The maximum atomic E-state index is 12.2. The first-order valence-electron chi connectivity index (χ1n) is 9.12. The highest BCUT2D eigenvalue weighted by molar-refractivity contribution is 5.88. The number of rotatable bonds is 7. The third-order valence-electron chi connectivity index (χ3n) is 4.77. The number of carbonyl (C=O) groups is 3. The van der Waals surface area contributed by atoms with Crippen LogP contribution in [-0.4, -0.2) is 42.3 Å². The quantitative estimate of drug-likeness (QED) is 0.682. The third-order valence-corrected chi connectivity index (χ3v) is 4.77. The molecule has 0 radical (unpaired) electrons. The van der Waals surface area contributed by atoms with Gasteiger partial charge in [0, 0.05) is 5.92 Å². The zero-order valence-corrected chi connectivity index (χ0v) is 15.5. The molecule has 7 nitrogen and oxygen atoms in total. The van der Waals surface area contributed by atoms with Crippen molar-refractivity contribution in [3.05, 3.63) is 59.7 Å². The first-order chi connectivity index (χ1) is 13.5. The molecule has 0 bridgehead atoms. The molecule has 3 N–H and O–H groups in total. The Kier molecular flexibility index (Phi) is 5.93. The van der Waals surface area contributed by atoms with Crippen molar-refractivity contribution in [2.75, 3.05) is 13.2 Å². The van der Waals surface area contributed by atoms with Crippen molar-refractivity contribution >= 4 is 18.0 Å². The predicted molar refractivity (Wildman–Crippen MR) is 103 cm³/mol. The fourth-order valence-electron chi connectivity index (χ4n) is 3.42. The molecule has 1 aliphatic rings. The van der Waals surface area contributed by atoms with Crippen LogP contribution in [0.5, 0.6) is 0 Å². The Bertz CT molecular complexity index is 850. The van der Waals surface area contributed by atoms with E-state index < -0.39 is 30.6 Å². The largest absolute Gasteiger partial charge is 0.480 e. The normalized spacial score (nSPS) is 13.2. The Morgan fingerprint density at radius 3 is 2.14 bits per heavy atom. The Morgan fingerprint density at radius 1 is 1.04 bits per heavy atom. The maximum Gasteiger partial charge on any atom is 0.407 e. The minimum Gasteiger partial charge on any atom is -0.480 e. The second kappa shape index (κ2) is 8.56. The molecule has 0 fully saturated rings. The zero-order valence-electron chi connectivity index (χ0n) is 15.5. The van der Waals surface area contributed by atoms with Crippen LogP contribution in [0.25, 0.3) is 11.1 Å². The summed E-state index contributed by atoms with van der Waals surface area (Å²) >= 11 is 0. The van der Waals surface area contributed by atoms with E-state index in [0.29, 0.717) is 6.42 Å². The van der Waals surface area contributed by atoms with Gasteiger partial charge in [-0.25, -0.2) is 4.79 Å². The lowest BCUT2D eigenvalue weighted by molar-refractivity contribution is -0.138. The van der Waals surface area contributed by atoms with Crippen LogP contribution in [0, 0.1) is 0 Å². The van der Waals surface area contributed by atoms with Crippen LogP contribution >= 0.6 is 0 Å². The molecule has 7 heteroatoms. The molecule has 0 aliphatic heterocycles. The number of carbonyl (C=O) groups excluding carboxylic acids is 2. The standard InChI is InChI=1S/C21H22N2O5/c1-2-18(20(26)22-11-19(24)25)23-21(27)28-12-17-15-9-5-3-7-13(15)14-8-4-6-10-16(14)17/h3-10,17-18H,2,11-12H2,1H3,(H,22,26)(H,23,27)(H,24,25)/t18-/m0/s1. The number of benzene rings is 2. The van der Waals surface area contributed by atoms with Gasteiger partial charge in [0.15, 0.2) is 0 Å². The Hall–Kier alpha value is -3.35. The molecule has 3 rings (SSSR count). The first-order valence-corrected chi connectivity index (χ1v) is 9.12. The van der Waals surface area contributed by atoms with Crippen molar-refractivity contribution in [1.82, 2.24) is 10.6 Å². The predicted octanol–water partition coefficient (Wildman–Crippen LogP) is 2.50. The third kappa shape index (κ3) is 4.14. The number of amides is 2. The molecular weight excluding hydrogens is 360 g/mol. The number of nitrogens with one attached hydrogen (secondary N) is 2. The SMILES string of the molecule is CC[C@H](NC(=O)OCC1c2ccccc2-c2ccccc21)C(=O)NCC(=O)O. The van der Waals surface area contributed by atoms with E-state index in [0.717, 1.165) is 22.3 Å². The maximum absolute atomic E-state index is 12.2. The molecule has 0 unspecified atom stereocenters. The van der Waals surface area contributed by atoms with Gasteiger partial charge in [-0.1, -0.05) is 55.5 Å². The van der Waals surface area contributed by atoms with Crippen LogP contribution in [0.2, 0.25) is 0 Å². The molecule has 1 atom stereocenters. The first kappa shape index (κ1) is 19.4. The van der Waals surface area contributed by atoms with Gasteiger partial charge >= 0.3 is 12.1 Å². The van der Waals surface area contributed by atoms with E-state index in [4.69, 9.17) is 9.84 Å². The molecule has 0 aromatic heterocycles. The van der Waals surface area contributed by atoms with Crippen LogP contribution < -0.4 is 10.6 Å². The van der Waals surface area contributed by atoms with Gasteiger partial charge in [0.25, 0.3) is 0 Å². The van der Waals surface area contributed by atoms with Crippen LogP contribution in [0.3, 0.4) is 0 Å². The second-order valence-corrected chi connectivity index (χ2v) is 6.54. The summed E-state index contributed by atoms with van der Waals surface area (Å²) in [6.07, 6.45) is -0.394. The smallest absolute Gasteiger partial charge is 0.407 e. The number of carboxylic acids is 1. The highest BCUT2D eigenvalue weighted by Gasteiger charge is 2.29. The number of fused-ring (bicyclic) bond motifs is 3. The van der Waals surface area contributed by atoms with E-state index in [1.165, 1.54) is 0 Å². The summed E-state index contributed by atoms with van der Waals surface area (Å²) < 4.78 is 5.40. The topological polar surface area (TPSA) is 105 Å². The van der Waals surface area contributed by atoms with Gasteiger partial charge in [-0.15, -0.1) is 0 Å². The summed E-state index contributed by atoms with van der Waals surface area (Å²) in [6.45, 7) is 1.36. The number of aliphatic carboxylic acids is 1. The molecule has 2 aromatic rings. The second-order valence-electron chi connectivity index (χ2n) is 6.54. The van der Waals surface area contributed by atoms with Crippen molar-refractivity contribution in [3.8, 4) is 11.1 Å². The molecule has 2 aromatic carbocycles. The highest BCUT2D eigenvalue weighted by atomic mass is 16.5. The molecule has 0 saturated heterocycles. The van der Waals surface area contributed by atoms with Crippen molar-refractivity contribution in [3.63, 3.8) is 0 Å². The van der Waals surface area contributed by atoms with E-state index in [1.54, 1.807) is 6.92 Å². The average molecular weight is 382 g/mol. The molecule has 28 heavy (non-hydrogen) atoms. The number of alkyl carbamates (subject to hydrolysis) is 1. The summed E-state index contributed by atoms with van der Waals surface area (Å²) in [5.74, 6) is -1.78. The highest BCUT2D eigenvalue weighted by Crippen LogP contribution is 2.44. The van der Waals surface area contributed by atoms with Gasteiger partial charge in [-0.2, -0.15) is 0 Å². The average Bonchev–Trinajstić information content (AvgIpc) is 3.02. The lowest BCUT2D eigenvalue weighted by atomic mass is 9.98. The number of hydrogen-bond acceptors (Lipinski definition) is 4. The molecule has 0 heterocycles. The lowest BCUT2D eigenvalue weighted by Gasteiger charge is -2.18. The monoisotopic (exact) mass is 382 g/mol. The molecule has 2 amide bonds. The Balaban J connectivity index is 1.63. The molecule has 0 spiro atoms. The summed E-state index contributed by atoms with van der Waals surface area (Å²) in [5.41, 5.74) is 4.46. The Labute approximate surface area is 162 Å². The van der Waals surface area contributed by atoms with E-state index in [-0.39, 0.29) is 12.5 Å².